The summed E-state index contributed by atoms with van der Waals surface area (Å²) >= 11 is 1.66. The summed E-state index contributed by atoms with van der Waals surface area (Å²) in [6, 6.07) is 8.56. The topological polar surface area (TPSA) is 29.5 Å². The molecule has 18 heavy (non-hydrogen) atoms. The zero-order valence-corrected chi connectivity index (χ0v) is 10.9. The van der Waals surface area contributed by atoms with E-state index in [1.165, 1.54) is 10.9 Å². The summed E-state index contributed by atoms with van der Waals surface area (Å²) < 4.78 is 19.0. The van der Waals surface area contributed by atoms with Gasteiger partial charge >= 0.3 is 0 Å². The molecule has 0 unspecified atom stereocenters. The first kappa shape index (κ1) is 13.1. The van der Waals surface area contributed by atoms with Crippen molar-refractivity contribution in [3.8, 4) is 5.75 Å². The van der Waals surface area contributed by atoms with E-state index in [1.807, 2.05) is 17.5 Å². The highest BCUT2D eigenvalue weighted by Gasteiger charge is 2.08. The predicted octanol–water partition coefficient (Wildman–Crippen LogP) is 3.56. The molecule has 1 atom stereocenters. The standard InChI is InChI=1S/C14H15FO2S/c1-10(16)11-4-5-14(13(15)9-11)17-7-6-12-3-2-8-18-12/h2-5,8-10,16H,6-7H2,1H3/t10-/m1/s1. The van der Waals surface area contributed by atoms with Gasteiger partial charge in [-0.05, 0) is 36.1 Å². The van der Waals surface area contributed by atoms with Crippen molar-refractivity contribution in [2.75, 3.05) is 6.61 Å². The molecule has 2 nitrogen and oxygen atoms in total. The number of hydrogen-bond acceptors (Lipinski definition) is 3. The first-order chi connectivity index (χ1) is 8.66. The van der Waals surface area contributed by atoms with Gasteiger partial charge in [-0.1, -0.05) is 12.1 Å². The Morgan fingerprint density at radius 1 is 1.39 bits per heavy atom. The highest BCUT2D eigenvalue weighted by atomic mass is 32.1. The normalized spacial score (nSPS) is 12.4. The molecule has 0 spiro atoms. The maximum atomic E-state index is 13.6. The number of ether oxygens (including phenoxy) is 1. The molecule has 1 heterocycles. The van der Waals surface area contributed by atoms with Gasteiger partial charge in [0, 0.05) is 11.3 Å². The Bertz CT molecular complexity index is 495. The van der Waals surface area contributed by atoms with E-state index in [0.29, 0.717) is 12.2 Å². The van der Waals surface area contributed by atoms with E-state index in [0.717, 1.165) is 6.42 Å². The number of halogens is 1. The minimum Gasteiger partial charge on any atom is -0.490 e. The fourth-order valence-electron chi connectivity index (χ4n) is 1.61. The van der Waals surface area contributed by atoms with Crippen molar-refractivity contribution in [3.63, 3.8) is 0 Å². The summed E-state index contributed by atoms with van der Waals surface area (Å²) in [5, 5.41) is 11.3. The lowest BCUT2D eigenvalue weighted by atomic mass is 10.1. The first-order valence-electron chi connectivity index (χ1n) is 5.79. The summed E-state index contributed by atoms with van der Waals surface area (Å²) in [4.78, 5) is 1.22. The van der Waals surface area contributed by atoms with Crippen molar-refractivity contribution in [2.24, 2.45) is 0 Å². The maximum Gasteiger partial charge on any atom is 0.165 e. The van der Waals surface area contributed by atoms with Gasteiger partial charge in [0.05, 0.1) is 12.7 Å². The van der Waals surface area contributed by atoms with Crippen LogP contribution in [0.25, 0.3) is 0 Å². The average Bonchev–Trinajstić information content (AvgIpc) is 2.84. The maximum absolute atomic E-state index is 13.6. The van der Waals surface area contributed by atoms with Crippen LogP contribution in [0.4, 0.5) is 4.39 Å². The van der Waals surface area contributed by atoms with E-state index in [2.05, 4.69) is 0 Å². The fraction of sp³-hybridized carbons (Fsp3) is 0.286. The van der Waals surface area contributed by atoms with Crippen LogP contribution in [0.3, 0.4) is 0 Å². The average molecular weight is 266 g/mol. The van der Waals surface area contributed by atoms with Crippen molar-refractivity contribution in [2.45, 2.75) is 19.4 Å². The second kappa shape index (κ2) is 5.98. The zero-order chi connectivity index (χ0) is 13.0. The highest BCUT2D eigenvalue weighted by molar-refractivity contribution is 7.09. The van der Waals surface area contributed by atoms with Gasteiger partial charge < -0.3 is 9.84 Å². The summed E-state index contributed by atoms with van der Waals surface area (Å²) in [6.07, 6.45) is 0.106. The van der Waals surface area contributed by atoms with Crippen LogP contribution in [-0.4, -0.2) is 11.7 Å². The van der Waals surface area contributed by atoms with Gasteiger partial charge in [0.25, 0.3) is 0 Å². The summed E-state index contributed by atoms with van der Waals surface area (Å²) in [5.41, 5.74) is 0.554. The molecule has 0 aliphatic heterocycles. The molecule has 0 saturated carbocycles. The summed E-state index contributed by atoms with van der Waals surface area (Å²) in [7, 11) is 0. The van der Waals surface area contributed by atoms with Crippen LogP contribution in [0.15, 0.2) is 35.7 Å². The third kappa shape index (κ3) is 3.31. The van der Waals surface area contributed by atoms with E-state index < -0.39 is 11.9 Å². The van der Waals surface area contributed by atoms with Crippen molar-refractivity contribution >= 4 is 11.3 Å². The van der Waals surface area contributed by atoms with Crippen LogP contribution in [0.2, 0.25) is 0 Å². The molecule has 1 aromatic heterocycles. The Morgan fingerprint density at radius 3 is 2.83 bits per heavy atom. The third-order valence-electron chi connectivity index (χ3n) is 2.62. The lowest BCUT2D eigenvalue weighted by molar-refractivity contribution is 0.198. The Balaban J connectivity index is 1.93. The van der Waals surface area contributed by atoms with Crippen molar-refractivity contribution in [1.82, 2.24) is 0 Å². The third-order valence-corrected chi connectivity index (χ3v) is 3.56. The molecular formula is C14H15FO2S. The second-order valence-electron chi connectivity index (χ2n) is 4.04. The number of aliphatic hydroxyl groups excluding tert-OH is 1. The minimum atomic E-state index is -0.667. The van der Waals surface area contributed by atoms with Crippen LogP contribution in [0, 0.1) is 5.82 Å². The highest BCUT2D eigenvalue weighted by Crippen LogP contribution is 2.22. The van der Waals surface area contributed by atoms with Crippen molar-refractivity contribution < 1.29 is 14.2 Å². The smallest absolute Gasteiger partial charge is 0.165 e. The van der Waals surface area contributed by atoms with Gasteiger partial charge in [-0.2, -0.15) is 0 Å². The molecule has 0 bridgehead atoms. The molecule has 0 aliphatic rings. The molecular weight excluding hydrogens is 251 g/mol. The van der Waals surface area contributed by atoms with E-state index in [4.69, 9.17) is 4.74 Å². The molecule has 0 fully saturated rings. The molecule has 0 amide bonds. The molecule has 0 saturated heterocycles. The van der Waals surface area contributed by atoms with Gasteiger partial charge in [-0.3, -0.25) is 0 Å². The van der Waals surface area contributed by atoms with E-state index in [9.17, 15) is 9.50 Å². The molecule has 2 rings (SSSR count). The monoisotopic (exact) mass is 266 g/mol. The predicted molar refractivity (Wildman–Crippen MR) is 70.6 cm³/mol. The SMILES string of the molecule is C[C@@H](O)c1ccc(OCCc2cccs2)c(F)c1. The molecule has 96 valence electrons. The van der Waals surface area contributed by atoms with E-state index >= 15 is 0 Å². The molecule has 2 aromatic rings. The van der Waals surface area contributed by atoms with Crippen molar-refractivity contribution in [1.29, 1.82) is 0 Å². The molecule has 1 N–H and O–H groups in total. The largest absolute Gasteiger partial charge is 0.490 e. The van der Waals surface area contributed by atoms with E-state index in [-0.39, 0.29) is 5.75 Å². The van der Waals surface area contributed by atoms with Crippen LogP contribution in [0.5, 0.6) is 5.75 Å². The Hall–Kier alpha value is -1.39. The number of hydrogen-bond donors (Lipinski definition) is 1. The number of benzene rings is 1. The van der Waals surface area contributed by atoms with Gasteiger partial charge in [-0.15, -0.1) is 11.3 Å². The van der Waals surface area contributed by atoms with Crippen LogP contribution in [0.1, 0.15) is 23.5 Å². The molecule has 4 heteroatoms. The number of thiophene rings is 1. The van der Waals surface area contributed by atoms with Crippen LogP contribution < -0.4 is 4.74 Å². The van der Waals surface area contributed by atoms with Crippen molar-refractivity contribution in [3.05, 3.63) is 52.0 Å². The molecule has 1 aromatic carbocycles. The zero-order valence-electron chi connectivity index (χ0n) is 10.1. The quantitative estimate of drug-likeness (QED) is 0.896. The lowest BCUT2D eigenvalue weighted by Crippen LogP contribution is -2.02. The van der Waals surface area contributed by atoms with Crippen LogP contribution in [-0.2, 0) is 6.42 Å². The van der Waals surface area contributed by atoms with Gasteiger partial charge in [-0.25, -0.2) is 4.39 Å². The van der Waals surface area contributed by atoms with Crippen LogP contribution >= 0.6 is 11.3 Å². The number of rotatable bonds is 5. The Morgan fingerprint density at radius 2 is 2.22 bits per heavy atom. The Labute approximate surface area is 110 Å². The summed E-state index contributed by atoms with van der Waals surface area (Å²) in [6.45, 7) is 2.05. The van der Waals surface area contributed by atoms with Gasteiger partial charge in [0.2, 0.25) is 0 Å². The summed E-state index contributed by atoms with van der Waals surface area (Å²) in [5.74, 6) is -0.199. The second-order valence-corrected chi connectivity index (χ2v) is 5.08. The molecule has 0 aliphatic carbocycles. The molecule has 0 radical (unpaired) electrons. The van der Waals surface area contributed by atoms with Gasteiger partial charge in [0.1, 0.15) is 0 Å². The fourth-order valence-corrected chi connectivity index (χ4v) is 2.30. The first-order valence-corrected chi connectivity index (χ1v) is 6.67. The van der Waals surface area contributed by atoms with E-state index in [1.54, 1.807) is 30.4 Å². The minimum absolute atomic E-state index is 0.232. The van der Waals surface area contributed by atoms with Gasteiger partial charge in [0.15, 0.2) is 11.6 Å². The lowest BCUT2D eigenvalue weighted by Gasteiger charge is -2.09. The number of aliphatic hydroxyl groups is 1. The Kier molecular flexibility index (Phi) is 4.33.